The number of hydrogen-bond donors (Lipinski definition) is 0. The van der Waals surface area contributed by atoms with Gasteiger partial charge in [-0.05, 0) is 140 Å². The Bertz CT molecular complexity index is 8130. The molecular weight excluding hydrogens is 1510 g/mol. The van der Waals surface area contributed by atoms with Crippen LogP contribution >= 0.6 is 0 Å². The van der Waals surface area contributed by atoms with E-state index < -0.39 is 0 Å². The smallest absolute Gasteiger partial charge is 0.238 e. The molecule has 0 aliphatic rings. The molecule has 0 spiro atoms. The van der Waals surface area contributed by atoms with Crippen molar-refractivity contribution in [3.8, 4) is 97.3 Å². The highest BCUT2D eigenvalue weighted by molar-refractivity contribution is 6.13. The molecule has 0 bridgehead atoms. The van der Waals surface area contributed by atoms with E-state index >= 15 is 0 Å². The number of hydrogen-bond acceptors (Lipinski definition) is 12. The van der Waals surface area contributed by atoms with Crippen LogP contribution in [0, 0.1) is 20.8 Å². The van der Waals surface area contributed by atoms with E-state index in [-0.39, 0.29) is 0 Å². The molecule has 0 atom stereocenters. The van der Waals surface area contributed by atoms with Gasteiger partial charge in [0, 0.05) is 98.0 Å². The molecule has 580 valence electrons. The monoisotopic (exact) mass is 1580 g/mol. The fraction of sp³-hybridized carbons (Fsp3) is 0.0278. The summed E-state index contributed by atoms with van der Waals surface area (Å²) >= 11 is 0. The molecule has 0 N–H and O–H groups in total. The standard InChI is InChI=1S/C40H26N4O.2C34H22N4O/c1-25-15-21-32-33-22-20-29(24-37(33)45-36(32)23-25)39-41-38(28-18-16-27(17-19-28)26-9-3-2-4-10-26)42-40(43-39)44-34-13-7-5-11-30(34)31-12-6-8-14-35(31)44;1-21-15-18-30-27(19-21)26-17-16-23(20-31(26)39-30)33-35-32(22-9-3-2-4-10-22)36-34(37-33)38-28-13-7-5-11-24(28)25-12-6-8-14-29(25)38;1-21-15-17-26-27-18-16-23(20-31(27)39-30(26)19-21)33-35-32(22-9-3-2-4-10-22)36-34(37-33)38-28-13-7-5-11-24(28)25-12-6-8-14-29(25)38/h2-24H,1H3;2*2-20H,1H3. The molecule has 15 heteroatoms. The van der Waals surface area contributed by atoms with Crippen LogP contribution in [0.2, 0.25) is 0 Å². The lowest BCUT2D eigenvalue weighted by Crippen LogP contribution is -2.06. The molecular formula is C108H70N12O3. The second-order valence-electron chi connectivity index (χ2n) is 31.1. The van der Waals surface area contributed by atoms with Crippen molar-refractivity contribution < 1.29 is 13.3 Å². The van der Waals surface area contributed by atoms with Gasteiger partial charge in [-0.3, -0.25) is 13.7 Å². The van der Waals surface area contributed by atoms with Crippen LogP contribution in [-0.4, -0.2) is 58.6 Å². The van der Waals surface area contributed by atoms with E-state index in [0.29, 0.717) is 52.8 Å². The van der Waals surface area contributed by atoms with E-state index in [4.69, 9.17) is 58.1 Å². The van der Waals surface area contributed by atoms with Gasteiger partial charge in [-0.1, -0.05) is 279 Å². The fourth-order valence-electron chi connectivity index (χ4n) is 17.3. The summed E-state index contributed by atoms with van der Waals surface area (Å²) < 4.78 is 25.2. The zero-order chi connectivity index (χ0) is 81.8. The molecule has 0 saturated carbocycles. The van der Waals surface area contributed by atoms with Gasteiger partial charge in [0.15, 0.2) is 34.9 Å². The van der Waals surface area contributed by atoms with Gasteiger partial charge >= 0.3 is 0 Å². The Morgan fingerprint density at radius 3 is 0.732 bits per heavy atom. The van der Waals surface area contributed by atoms with Crippen LogP contribution in [0.4, 0.5) is 0 Å². The second kappa shape index (κ2) is 29.5. The lowest BCUT2D eigenvalue weighted by molar-refractivity contribution is 0.668. The Labute approximate surface area is 703 Å². The van der Waals surface area contributed by atoms with E-state index in [0.717, 1.165) is 176 Å². The molecule has 0 unspecified atom stereocenters. The van der Waals surface area contributed by atoms with Gasteiger partial charge in [0.05, 0.1) is 33.1 Å². The lowest BCUT2D eigenvalue weighted by atomic mass is 10.0. The Hall–Kier alpha value is -16.7. The summed E-state index contributed by atoms with van der Waals surface area (Å²) in [7, 11) is 0. The molecule has 9 aromatic heterocycles. The highest BCUT2D eigenvalue weighted by atomic mass is 16.3. The Balaban J connectivity index is 0.000000107. The van der Waals surface area contributed by atoms with Crippen molar-refractivity contribution in [1.82, 2.24) is 58.6 Å². The quantitative estimate of drug-likeness (QED) is 0.127. The van der Waals surface area contributed by atoms with Crippen molar-refractivity contribution in [2.75, 3.05) is 0 Å². The van der Waals surface area contributed by atoms with Crippen molar-refractivity contribution in [2.45, 2.75) is 20.8 Å². The van der Waals surface area contributed by atoms with Gasteiger partial charge in [0.25, 0.3) is 0 Å². The van der Waals surface area contributed by atoms with Crippen LogP contribution in [-0.2, 0) is 0 Å². The van der Waals surface area contributed by atoms with E-state index in [1.165, 1.54) is 16.7 Å². The van der Waals surface area contributed by atoms with Crippen molar-refractivity contribution in [2.24, 2.45) is 0 Å². The van der Waals surface area contributed by atoms with Gasteiger partial charge in [0.2, 0.25) is 17.8 Å². The fourth-order valence-corrected chi connectivity index (χ4v) is 17.3. The summed E-state index contributed by atoms with van der Waals surface area (Å²) in [6, 6.07) is 127. The number of aromatic nitrogens is 12. The van der Waals surface area contributed by atoms with Crippen molar-refractivity contribution >= 4 is 131 Å². The zero-order valence-corrected chi connectivity index (χ0v) is 66.8. The SMILES string of the molecule is Cc1ccc2c(c1)oc1cc(-c3nc(-c4ccc(-c5ccccc5)cc4)nc(-n4c5ccccc5c5ccccc54)n3)ccc12.Cc1ccc2c(c1)oc1cc(-c3nc(-c4ccccc4)nc(-n4c5ccccc5c5ccccc54)n3)ccc12.Cc1ccc2oc3cc(-c4nc(-c5ccccc5)nc(-n5c6ccccc6c6ccccc65)n4)ccc3c2c1. The number of aryl methyl sites for hydroxylation is 3. The van der Waals surface area contributed by atoms with Gasteiger partial charge < -0.3 is 13.3 Å². The van der Waals surface area contributed by atoms with Gasteiger partial charge in [-0.25, -0.2) is 15.0 Å². The third-order valence-electron chi connectivity index (χ3n) is 23.2. The highest BCUT2D eigenvalue weighted by Gasteiger charge is 2.24. The van der Waals surface area contributed by atoms with Crippen LogP contribution < -0.4 is 0 Å². The number of furan rings is 3. The van der Waals surface area contributed by atoms with Crippen LogP contribution in [0.15, 0.2) is 383 Å². The molecule has 25 rings (SSSR count). The summed E-state index contributed by atoms with van der Waals surface area (Å²) in [4.78, 5) is 45.2. The minimum Gasteiger partial charge on any atom is -0.456 e. The van der Waals surface area contributed by atoms with Crippen LogP contribution in [0.3, 0.4) is 0 Å². The summed E-state index contributed by atoms with van der Waals surface area (Å²) in [6.07, 6.45) is 0. The van der Waals surface area contributed by atoms with Crippen LogP contribution in [0.5, 0.6) is 0 Å². The minimum absolute atomic E-state index is 0.569. The average molecular weight is 1580 g/mol. The molecule has 16 aromatic carbocycles. The zero-order valence-electron chi connectivity index (χ0n) is 66.8. The summed E-state index contributed by atoms with van der Waals surface area (Å²) in [6.45, 7) is 6.25. The summed E-state index contributed by atoms with van der Waals surface area (Å²) in [5.74, 6) is 5.36. The molecule has 0 aliphatic carbocycles. The third kappa shape index (κ3) is 12.7. The number of nitrogens with zero attached hydrogens (tertiary/aromatic N) is 12. The first-order chi connectivity index (χ1) is 60.6. The molecule has 0 aliphatic heterocycles. The maximum Gasteiger partial charge on any atom is 0.238 e. The molecule has 0 radical (unpaired) electrons. The molecule has 0 fully saturated rings. The van der Waals surface area contributed by atoms with Crippen molar-refractivity contribution in [3.05, 3.63) is 387 Å². The van der Waals surface area contributed by atoms with Crippen LogP contribution in [0.1, 0.15) is 16.7 Å². The largest absolute Gasteiger partial charge is 0.456 e. The predicted molar refractivity (Wildman–Crippen MR) is 497 cm³/mol. The van der Waals surface area contributed by atoms with Crippen molar-refractivity contribution in [3.63, 3.8) is 0 Å². The molecule has 15 nitrogen and oxygen atoms in total. The van der Waals surface area contributed by atoms with E-state index in [2.05, 4.69) is 314 Å². The first kappa shape index (κ1) is 71.6. The summed E-state index contributed by atoms with van der Waals surface area (Å²) in [5.41, 5.74) is 22.6. The molecule has 0 amide bonds. The van der Waals surface area contributed by atoms with Crippen LogP contribution in [0.25, 0.3) is 229 Å². The van der Waals surface area contributed by atoms with Crippen molar-refractivity contribution in [1.29, 1.82) is 0 Å². The molecule has 9 heterocycles. The van der Waals surface area contributed by atoms with E-state index in [1.807, 2.05) is 91.0 Å². The predicted octanol–water partition coefficient (Wildman–Crippen LogP) is 27.2. The number of rotatable bonds is 10. The molecule has 25 aromatic rings. The van der Waals surface area contributed by atoms with E-state index in [9.17, 15) is 0 Å². The first-order valence-electron chi connectivity index (χ1n) is 41.0. The normalized spacial score (nSPS) is 11.7. The van der Waals surface area contributed by atoms with E-state index in [1.54, 1.807) is 0 Å². The maximum absolute atomic E-state index is 6.31. The highest BCUT2D eigenvalue weighted by Crippen LogP contribution is 2.41. The Kier molecular flexibility index (Phi) is 17.2. The third-order valence-corrected chi connectivity index (χ3v) is 23.2. The lowest BCUT2D eigenvalue weighted by Gasteiger charge is -2.11. The topological polar surface area (TPSA) is 170 Å². The number of benzene rings is 16. The Morgan fingerprint density at radius 1 is 0.163 bits per heavy atom. The second-order valence-corrected chi connectivity index (χ2v) is 31.1. The number of fused-ring (bicyclic) bond motifs is 18. The van der Waals surface area contributed by atoms with Gasteiger partial charge in [-0.2, -0.15) is 29.9 Å². The Morgan fingerprint density at radius 2 is 0.390 bits per heavy atom. The van der Waals surface area contributed by atoms with Gasteiger partial charge in [0.1, 0.15) is 33.5 Å². The molecule has 0 saturated heterocycles. The minimum atomic E-state index is 0.569. The van der Waals surface area contributed by atoms with Gasteiger partial charge in [-0.15, -0.1) is 0 Å². The number of para-hydroxylation sites is 6. The first-order valence-corrected chi connectivity index (χ1v) is 41.0. The summed E-state index contributed by atoms with van der Waals surface area (Å²) in [5, 5.41) is 13.5. The molecule has 123 heavy (non-hydrogen) atoms. The maximum atomic E-state index is 6.31. The average Bonchev–Trinajstić information content (AvgIpc) is 1.60.